The van der Waals surface area contributed by atoms with Crippen molar-refractivity contribution in [3.05, 3.63) is 101 Å². The number of carboxylic acid groups (broad SMARTS) is 1. The lowest BCUT2D eigenvalue weighted by Crippen LogP contribution is -2.29. The number of alkyl halides is 1. The second kappa shape index (κ2) is 18.2. The number of carbonyl (C=O) groups is 2. The average Bonchev–Trinajstić information content (AvgIpc) is 3.78. The number of carbonyl (C=O) groups excluding carboxylic acids is 1. The molecular formula is C45H55ClN2O5. The maximum Gasteiger partial charge on any atom is 0.305 e. The SMILES string of the molecule is CCc1oc2ccccc2c1C(Cl)C1CCCCC1.CCc1oc2ccccc2c1C(Nc1ccc(C(=O)N(C)CCC(=O)O)cc1)C1CCCCC1. The molecule has 282 valence electrons. The number of nitrogens with one attached hydrogen (secondary N) is 1. The summed E-state index contributed by atoms with van der Waals surface area (Å²) in [5, 5.41) is 15.2. The van der Waals surface area contributed by atoms with Gasteiger partial charge in [0.15, 0.2) is 0 Å². The summed E-state index contributed by atoms with van der Waals surface area (Å²) < 4.78 is 12.2. The molecule has 2 heterocycles. The van der Waals surface area contributed by atoms with E-state index in [1.165, 1.54) is 91.0 Å². The molecule has 2 aliphatic rings. The molecule has 0 bridgehead atoms. The van der Waals surface area contributed by atoms with Gasteiger partial charge in [-0.25, -0.2) is 0 Å². The fraction of sp³-hybridized carbons (Fsp3) is 0.467. The predicted octanol–water partition coefficient (Wildman–Crippen LogP) is 12.1. The predicted molar refractivity (Wildman–Crippen MR) is 215 cm³/mol. The summed E-state index contributed by atoms with van der Waals surface area (Å²) in [6.07, 6.45) is 14.4. The van der Waals surface area contributed by atoms with Gasteiger partial charge in [-0.05, 0) is 73.9 Å². The largest absolute Gasteiger partial charge is 0.481 e. The van der Waals surface area contributed by atoms with Crippen LogP contribution in [0.15, 0.2) is 81.6 Å². The van der Waals surface area contributed by atoms with Gasteiger partial charge in [-0.2, -0.15) is 0 Å². The summed E-state index contributed by atoms with van der Waals surface area (Å²) in [4.78, 5) is 24.9. The zero-order valence-corrected chi connectivity index (χ0v) is 32.3. The Kier molecular flexibility index (Phi) is 13.2. The number of rotatable bonds is 12. The number of para-hydroxylation sites is 2. The van der Waals surface area contributed by atoms with Gasteiger partial charge >= 0.3 is 5.97 Å². The Labute approximate surface area is 319 Å². The van der Waals surface area contributed by atoms with Crippen LogP contribution >= 0.6 is 11.6 Å². The van der Waals surface area contributed by atoms with Crippen LogP contribution < -0.4 is 5.32 Å². The highest BCUT2D eigenvalue weighted by atomic mass is 35.5. The van der Waals surface area contributed by atoms with Crippen molar-refractivity contribution in [3.8, 4) is 0 Å². The smallest absolute Gasteiger partial charge is 0.305 e. The van der Waals surface area contributed by atoms with Gasteiger partial charge in [0.1, 0.15) is 22.7 Å². The molecule has 2 unspecified atom stereocenters. The van der Waals surface area contributed by atoms with Gasteiger partial charge in [0.05, 0.1) is 17.8 Å². The minimum atomic E-state index is -0.911. The first-order valence-corrected chi connectivity index (χ1v) is 20.2. The second-order valence-electron chi connectivity index (χ2n) is 14.8. The maximum absolute atomic E-state index is 12.7. The van der Waals surface area contributed by atoms with E-state index >= 15 is 0 Å². The van der Waals surface area contributed by atoms with E-state index < -0.39 is 5.97 Å². The standard InChI is InChI=1S/C28H34N2O4.C17H21ClO/c1-3-23-26(22-11-7-8-12-24(22)34-23)27(19-9-5-4-6-10-19)29-21-15-13-20(14-16-21)28(33)30(2)18-17-25(31)32;1-2-14-16(13-10-6-7-11-15(13)19-14)17(18)12-8-4-3-5-9-12/h7-8,11-16,19,27,29H,3-6,9-10,17-18H2,1-2H3,(H,31,32);6-7,10-12,17H,2-5,8-9H2,1H3. The van der Waals surface area contributed by atoms with E-state index in [1.807, 2.05) is 48.5 Å². The van der Waals surface area contributed by atoms with Gasteiger partial charge in [-0.1, -0.05) is 88.8 Å². The molecule has 2 fully saturated rings. The van der Waals surface area contributed by atoms with Crippen molar-refractivity contribution in [2.75, 3.05) is 18.9 Å². The maximum atomic E-state index is 12.7. The lowest BCUT2D eigenvalue weighted by molar-refractivity contribution is -0.137. The van der Waals surface area contributed by atoms with Crippen LogP contribution in [0.25, 0.3) is 21.9 Å². The Morgan fingerprint density at radius 1 is 0.755 bits per heavy atom. The number of carboxylic acids is 1. The lowest BCUT2D eigenvalue weighted by atomic mass is 9.80. The highest BCUT2D eigenvalue weighted by Crippen LogP contribution is 2.44. The highest BCUT2D eigenvalue weighted by Gasteiger charge is 2.31. The fourth-order valence-corrected chi connectivity index (χ4v) is 8.92. The molecule has 2 saturated carbocycles. The van der Waals surface area contributed by atoms with E-state index in [-0.39, 0.29) is 30.3 Å². The number of anilines is 1. The number of aliphatic carboxylic acids is 1. The van der Waals surface area contributed by atoms with Crippen LogP contribution in [0, 0.1) is 11.8 Å². The monoisotopic (exact) mass is 738 g/mol. The van der Waals surface area contributed by atoms with Crippen molar-refractivity contribution in [2.45, 2.75) is 109 Å². The molecule has 0 aliphatic heterocycles. The van der Waals surface area contributed by atoms with Crippen molar-refractivity contribution < 1.29 is 23.5 Å². The molecule has 5 aromatic rings. The molecule has 2 N–H and O–H groups in total. The third-order valence-corrected chi connectivity index (χ3v) is 11.9. The van der Waals surface area contributed by atoms with E-state index in [9.17, 15) is 9.59 Å². The van der Waals surface area contributed by atoms with Gasteiger partial charge < -0.3 is 24.2 Å². The summed E-state index contributed by atoms with van der Waals surface area (Å²) in [6, 6.07) is 24.2. The van der Waals surface area contributed by atoms with Gasteiger partial charge in [-0.15, -0.1) is 11.6 Å². The number of hydrogen-bond donors (Lipinski definition) is 2. The quantitative estimate of drug-likeness (QED) is 0.124. The van der Waals surface area contributed by atoms with Crippen LogP contribution in [0.3, 0.4) is 0 Å². The minimum Gasteiger partial charge on any atom is -0.481 e. The first-order chi connectivity index (χ1) is 25.8. The van der Waals surface area contributed by atoms with Crippen LogP contribution in [0.1, 0.15) is 129 Å². The molecule has 0 saturated heterocycles. The average molecular weight is 739 g/mol. The van der Waals surface area contributed by atoms with Crippen LogP contribution in [0.5, 0.6) is 0 Å². The Bertz CT molecular complexity index is 1950. The molecule has 0 radical (unpaired) electrons. The number of nitrogens with zero attached hydrogens (tertiary/aromatic N) is 1. The zero-order chi connectivity index (χ0) is 37.3. The van der Waals surface area contributed by atoms with Crippen molar-refractivity contribution >= 4 is 51.1 Å². The van der Waals surface area contributed by atoms with E-state index in [2.05, 4.69) is 43.4 Å². The number of fused-ring (bicyclic) bond motifs is 2. The van der Waals surface area contributed by atoms with E-state index in [0.717, 1.165) is 41.2 Å². The van der Waals surface area contributed by atoms with E-state index in [0.29, 0.717) is 17.4 Å². The first kappa shape index (κ1) is 38.5. The molecule has 2 aliphatic carbocycles. The molecular weight excluding hydrogens is 684 g/mol. The van der Waals surface area contributed by atoms with Crippen molar-refractivity contribution in [2.24, 2.45) is 11.8 Å². The first-order valence-electron chi connectivity index (χ1n) is 19.8. The summed E-state index contributed by atoms with van der Waals surface area (Å²) in [6.45, 7) is 4.47. The lowest BCUT2D eigenvalue weighted by Gasteiger charge is -2.32. The van der Waals surface area contributed by atoms with Crippen molar-refractivity contribution in [1.29, 1.82) is 0 Å². The van der Waals surface area contributed by atoms with Gasteiger partial charge in [0.25, 0.3) is 5.91 Å². The third kappa shape index (κ3) is 9.12. The summed E-state index contributed by atoms with van der Waals surface area (Å²) in [5.41, 5.74) is 5.95. The molecule has 0 spiro atoms. The topological polar surface area (TPSA) is 95.9 Å². The van der Waals surface area contributed by atoms with Crippen LogP contribution in [-0.2, 0) is 17.6 Å². The second-order valence-corrected chi connectivity index (χ2v) is 15.3. The Morgan fingerprint density at radius 3 is 1.81 bits per heavy atom. The molecule has 7 rings (SSSR count). The minimum absolute atomic E-state index is 0.0661. The molecule has 1 amide bonds. The Hall–Kier alpha value is -4.23. The Balaban J connectivity index is 0.000000213. The number of aryl methyl sites for hydroxylation is 2. The molecule has 7 nitrogen and oxygen atoms in total. The normalized spacial score (nSPS) is 16.5. The third-order valence-electron chi connectivity index (χ3n) is 11.3. The van der Waals surface area contributed by atoms with Gasteiger partial charge in [0.2, 0.25) is 0 Å². The van der Waals surface area contributed by atoms with Gasteiger partial charge in [-0.3, -0.25) is 9.59 Å². The Morgan fingerprint density at radius 2 is 1.26 bits per heavy atom. The van der Waals surface area contributed by atoms with E-state index in [1.54, 1.807) is 7.05 Å². The zero-order valence-electron chi connectivity index (χ0n) is 31.5. The molecule has 8 heteroatoms. The summed E-state index contributed by atoms with van der Waals surface area (Å²) in [5.74, 6) is 2.16. The molecule has 2 aromatic heterocycles. The number of amides is 1. The highest BCUT2D eigenvalue weighted by molar-refractivity contribution is 6.22. The number of halogens is 1. The number of benzene rings is 3. The number of hydrogen-bond acceptors (Lipinski definition) is 5. The van der Waals surface area contributed by atoms with Crippen LogP contribution in [-0.4, -0.2) is 35.5 Å². The van der Waals surface area contributed by atoms with Crippen molar-refractivity contribution in [1.82, 2.24) is 4.90 Å². The van der Waals surface area contributed by atoms with E-state index in [4.69, 9.17) is 25.5 Å². The molecule has 2 atom stereocenters. The summed E-state index contributed by atoms with van der Waals surface area (Å²) >= 11 is 6.83. The van der Waals surface area contributed by atoms with Crippen LogP contribution in [0.2, 0.25) is 0 Å². The molecule has 3 aromatic carbocycles. The summed E-state index contributed by atoms with van der Waals surface area (Å²) in [7, 11) is 1.63. The van der Waals surface area contributed by atoms with Gasteiger partial charge in [0, 0.05) is 59.6 Å². The fourth-order valence-electron chi connectivity index (χ4n) is 8.43. The molecule has 53 heavy (non-hydrogen) atoms. The van der Waals surface area contributed by atoms with Crippen LogP contribution in [0.4, 0.5) is 5.69 Å². The number of furan rings is 2. The van der Waals surface area contributed by atoms with Crippen molar-refractivity contribution in [3.63, 3.8) is 0 Å².